The van der Waals surface area contributed by atoms with Crippen molar-refractivity contribution < 1.29 is 9.13 Å². The topological polar surface area (TPSA) is 21.3 Å². The van der Waals surface area contributed by atoms with Crippen molar-refractivity contribution in [3.8, 4) is 5.75 Å². The first-order chi connectivity index (χ1) is 10.3. The highest BCUT2D eigenvalue weighted by Crippen LogP contribution is 2.33. The molecule has 0 spiro atoms. The summed E-state index contributed by atoms with van der Waals surface area (Å²) in [6.45, 7) is 3.38. The van der Waals surface area contributed by atoms with Crippen LogP contribution >= 0.6 is 0 Å². The van der Waals surface area contributed by atoms with E-state index in [1.54, 1.807) is 12.1 Å². The molecule has 110 valence electrons. The number of aryl methyl sites for hydroxylation is 1. The van der Waals surface area contributed by atoms with Crippen LogP contribution in [0.3, 0.4) is 0 Å². The van der Waals surface area contributed by atoms with Crippen molar-refractivity contribution in [2.75, 3.05) is 6.54 Å². The Hall–Kier alpha value is -1.87. The SMILES string of the molecule is CCNC1CCc2cc(OCc3ccccc3F)ccc21. The zero-order valence-corrected chi connectivity index (χ0v) is 12.2. The van der Waals surface area contributed by atoms with Crippen LogP contribution in [0.1, 0.15) is 36.1 Å². The van der Waals surface area contributed by atoms with Crippen LogP contribution in [-0.2, 0) is 13.0 Å². The average Bonchev–Trinajstić information content (AvgIpc) is 2.89. The minimum atomic E-state index is -0.217. The number of benzene rings is 2. The van der Waals surface area contributed by atoms with Crippen LogP contribution < -0.4 is 10.1 Å². The fourth-order valence-electron chi connectivity index (χ4n) is 2.92. The molecule has 2 aromatic rings. The molecule has 0 radical (unpaired) electrons. The number of fused-ring (bicyclic) bond motifs is 1. The molecule has 21 heavy (non-hydrogen) atoms. The Morgan fingerprint density at radius 1 is 1.24 bits per heavy atom. The molecule has 3 rings (SSSR count). The standard InChI is InChI=1S/C18H20FNO/c1-2-20-18-10-7-13-11-15(8-9-16(13)18)21-12-14-5-3-4-6-17(14)19/h3-6,8-9,11,18,20H,2,7,10,12H2,1H3. The molecule has 3 heteroatoms. The summed E-state index contributed by atoms with van der Waals surface area (Å²) in [5.74, 6) is 0.597. The molecule has 1 aliphatic rings. The number of nitrogens with one attached hydrogen (secondary N) is 1. The summed E-state index contributed by atoms with van der Waals surface area (Å²) in [5.41, 5.74) is 3.30. The molecule has 1 atom stereocenters. The number of hydrogen-bond donors (Lipinski definition) is 1. The minimum absolute atomic E-state index is 0.217. The first-order valence-electron chi connectivity index (χ1n) is 7.50. The Bertz CT molecular complexity index is 626. The molecule has 2 aromatic carbocycles. The lowest BCUT2D eigenvalue weighted by Crippen LogP contribution is -2.18. The molecule has 0 heterocycles. The molecule has 0 amide bonds. The van der Waals surface area contributed by atoms with Crippen LogP contribution in [-0.4, -0.2) is 6.54 Å². The minimum Gasteiger partial charge on any atom is -0.489 e. The van der Waals surface area contributed by atoms with Gasteiger partial charge in [-0.3, -0.25) is 0 Å². The first-order valence-corrected chi connectivity index (χ1v) is 7.50. The molecule has 0 saturated heterocycles. The molecule has 0 saturated carbocycles. The molecule has 1 aliphatic carbocycles. The first kappa shape index (κ1) is 14.1. The van der Waals surface area contributed by atoms with Crippen LogP contribution in [0.4, 0.5) is 4.39 Å². The fourth-order valence-corrected chi connectivity index (χ4v) is 2.92. The molecular formula is C18H20FNO. The van der Waals surface area contributed by atoms with Gasteiger partial charge in [0.1, 0.15) is 18.2 Å². The Morgan fingerprint density at radius 3 is 2.90 bits per heavy atom. The predicted octanol–water partition coefficient (Wildman–Crippen LogP) is 4.00. The highest BCUT2D eigenvalue weighted by molar-refractivity contribution is 5.40. The normalized spacial score (nSPS) is 16.8. The zero-order valence-electron chi connectivity index (χ0n) is 12.2. The summed E-state index contributed by atoms with van der Waals surface area (Å²) in [6.07, 6.45) is 2.21. The quantitative estimate of drug-likeness (QED) is 0.896. The number of rotatable bonds is 5. The maximum Gasteiger partial charge on any atom is 0.129 e. The second-order valence-electron chi connectivity index (χ2n) is 5.39. The van der Waals surface area contributed by atoms with E-state index in [0.29, 0.717) is 11.6 Å². The van der Waals surface area contributed by atoms with Crippen molar-refractivity contribution in [3.63, 3.8) is 0 Å². The van der Waals surface area contributed by atoms with Crippen molar-refractivity contribution in [2.45, 2.75) is 32.4 Å². The summed E-state index contributed by atoms with van der Waals surface area (Å²) in [7, 11) is 0. The maximum atomic E-state index is 13.6. The molecule has 0 aliphatic heterocycles. The smallest absolute Gasteiger partial charge is 0.129 e. The molecule has 1 unspecified atom stereocenters. The van der Waals surface area contributed by atoms with E-state index in [9.17, 15) is 4.39 Å². The van der Waals surface area contributed by atoms with E-state index in [1.165, 1.54) is 17.2 Å². The third-order valence-corrected chi connectivity index (χ3v) is 3.99. The average molecular weight is 285 g/mol. The molecule has 0 fully saturated rings. The Kier molecular flexibility index (Phi) is 4.20. The van der Waals surface area contributed by atoms with E-state index in [1.807, 2.05) is 12.1 Å². The van der Waals surface area contributed by atoms with Gasteiger partial charge in [0.2, 0.25) is 0 Å². The summed E-state index contributed by atoms with van der Waals surface area (Å²) in [5, 5.41) is 3.50. The van der Waals surface area contributed by atoms with Gasteiger partial charge in [0.15, 0.2) is 0 Å². The van der Waals surface area contributed by atoms with E-state index in [2.05, 4.69) is 24.4 Å². The van der Waals surface area contributed by atoms with Gasteiger partial charge in [0.05, 0.1) is 0 Å². The third-order valence-electron chi connectivity index (χ3n) is 3.99. The molecular weight excluding hydrogens is 265 g/mol. The van der Waals surface area contributed by atoms with Crippen LogP contribution in [0.15, 0.2) is 42.5 Å². The van der Waals surface area contributed by atoms with Crippen molar-refractivity contribution in [1.29, 1.82) is 0 Å². The van der Waals surface area contributed by atoms with Gasteiger partial charge in [0.25, 0.3) is 0 Å². The largest absolute Gasteiger partial charge is 0.489 e. The van der Waals surface area contributed by atoms with Crippen molar-refractivity contribution >= 4 is 0 Å². The van der Waals surface area contributed by atoms with Gasteiger partial charge < -0.3 is 10.1 Å². The highest BCUT2D eigenvalue weighted by atomic mass is 19.1. The van der Waals surface area contributed by atoms with Crippen molar-refractivity contribution in [1.82, 2.24) is 5.32 Å². The van der Waals surface area contributed by atoms with Gasteiger partial charge >= 0.3 is 0 Å². The molecule has 0 aromatic heterocycles. The van der Waals surface area contributed by atoms with E-state index in [4.69, 9.17) is 4.74 Å². The van der Waals surface area contributed by atoms with E-state index in [-0.39, 0.29) is 12.4 Å². The van der Waals surface area contributed by atoms with Gasteiger partial charge in [-0.15, -0.1) is 0 Å². The molecule has 1 N–H and O–H groups in total. The van der Waals surface area contributed by atoms with Crippen LogP contribution in [0.25, 0.3) is 0 Å². The van der Waals surface area contributed by atoms with E-state index < -0.39 is 0 Å². The second-order valence-corrected chi connectivity index (χ2v) is 5.39. The fraction of sp³-hybridized carbons (Fsp3) is 0.333. The summed E-state index contributed by atoms with van der Waals surface area (Å²) < 4.78 is 19.3. The summed E-state index contributed by atoms with van der Waals surface area (Å²) in [6, 6.07) is 13.4. The number of hydrogen-bond acceptors (Lipinski definition) is 2. The summed E-state index contributed by atoms with van der Waals surface area (Å²) in [4.78, 5) is 0. The Labute approximate surface area is 125 Å². The van der Waals surface area contributed by atoms with Crippen LogP contribution in [0.5, 0.6) is 5.75 Å². The monoisotopic (exact) mass is 285 g/mol. The van der Waals surface area contributed by atoms with Crippen LogP contribution in [0.2, 0.25) is 0 Å². The predicted molar refractivity (Wildman–Crippen MR) is 81.9 cm³/mol. The van der Waals surface area contributed by atoms with Gasteiger partial charge in [0, 0.05) is 11.6 Å². The van der Waals surface area contributed by atoms with Gasteiger partial charge in [-0.25, -0.2) is 4.39 Å². The highest BCUT2D eigenvalue weighted by Gasteiger charge is 2.21. The Balaban J connectivity index is 1.69. The maximum absolute atomic E-state index is 13.6. The zero-order chi connectivity index (χ0) is 14.7. The Morgan fingerprint density at radius 2 is 2.10 bits per heavy atom. The summed E-state index contributed by atoms with van der Waals surface area (Å²) >= 11 is 0. The lowest BCUT2D eigenvalue weighted by Gasteiger charge is -2.13. The third kappa shape index (κ3) is 3.08. The van der Waals surface area contributed by atoms with E-state index >= 15 is 0 Å². The van der Waals surface area contributed by atoms with Gasteiger partial charge in [-0.2, -0.15) is 0 Å². The van der Waals surface area contributed by atoms with Gasteiger partial charge in [-0.1, -0.05) is 31.2 Å². The van der Waals surface area contributed by atoms with E-state index in [0.717, 1.165) is 25.1 Å². The molecule has 2 nitrogen and oxygen atoms in total. The van der Waals surface area contributed by atoms with Crippen molar-refractivity contribution in [2.24, 2.45) is 0 Å². The number of ether oxygens (including phenoxy) is 1. The van der Waals surface area contributed by atoms with Crippen LogP contribution in [0, 0.1) is 5.82 Å². The second kappa shape index (κ2) is 6.27. The number of halogens is 1. The van der Waals surface area contributed by atoms with Gasteiger partial charge in [-0.05, 0) is 48.7 Å². The molecule has 0 bridgehead atoms. The van der Waals surface area contributed by atoms with Crippen molar-refractivity contribution in [3.05, 3.63) is 65.0 Å². The lowest BCUT2D eigenvalue weighted by atomic mass is 10.1. The lowest BCUT2D eigenvalue weighted by molar-refractivity contribution is 0.299.